The smallest absolute Gasteiger partial charge is 0.192 e. The summed E-state index contributed by atoms with van der Waals surface area (Å²) in [6.45, 7) is 1.82. The van der Waals surface area contributed by atoms with Crippen LogP contribution in [-0.4, -0.2) is 9.97 Å². The predicted octanol–water partition coefficient (Wildman–Crippen LogP) is 2.39. The van der Waals surface area contributed by atoms with E-state index in [1.54, 1.807) is 12.3 Å². The van der Waals surface area contributed by atoms with E-state index in [4.69, 9.17) is 10.2 Å². The average molecular weight is 217 g/mol. The van der Waals surface area contributed by atoms with E-state index in [1.165, 1.54) is 12.7 Å². The molecule has 0 aliphatic heterocycles. The lowest BCUT2D eigenvalue weighted by Gasteiger charge is -1.88. The van der Waals surface area contributed by atoms with Crippen molar-refractivity contribution in [3.63, 3.8) is 0 Å². The molecule has 0 aliphatic rings. The van der Waals surface area contributed by atoms with E-state index in [9.17, 15) is 0 Å². The highest BCUT2D eigenvalue weighted by atomic mass is 16.3. The van der Waals surface area contributed by atoms with Crippen LogP contribution in [0, 0.1) is 6.92 Å². The molecule has 0 fully saturated rings. The second kappa shape index (κ2) is 4.48. The summed E-state index contributed by atoms with van der Waals surface area (Å²) in [5, 5.41) is 0. The molecule has 3 aromatic rings. The molecular weight excluding hydrogens is 206 g/mol. The molecule has 0 radical (unpaired) electrons. The zero-order valence-corrected chi connectivity index (χ0v) is 8.75. The maximum Gasteiger partial charge on any atom is 0.192 e. The van der Waals surface area contributed by atoms with Gasteiger partial charge in [-0.25, -0.2) is 9.97 Å². The third-order valence-corrected chi connectivity index (χ3v) is 1.87. The van der Waals surface area contributed by atoms with Gasteiger partial charge in [0.15, 0.2) is 17.9 Å². The van der Waals surface area contributed by atoms with E-state index in [-0.39, 0.29) is 0 Å². The SMILES string of the molecule is Cc1nc2ccc(N)cc2o1.c1cocn1. The number of hydrogen-bond donors (Lipinski definition) is 1. The van der Waals surface area contributed by atoms with Crippen LogP contribution in [0.25, 0.3) is 11.1 Å². The molecule has 0 atom stereocenters. The normalized spacial score (nSPS) is 9.81. The van der Waals surface area contributed by atoms with E-state index in [1.807, 2.05) is 19.1 Å². The molecule has 0 saturated carbocycles. The van der Waals surface area contributed by atoms with Crippen LogP contribution >= 0.6 is 0 Å². The van der Waals surface area contributed by atoms with Crippen molar-refractivity contribution < 1.29 is 8.83 Å². The van der Waals surface area contributed by atoms with E-state index >= 15 is 0 Å². The highest BCUT2D eigenvalue weighted by Gasteiger charge is 2.00. The first-order valence-corrected chi connectivity index (χ1v) is 4.70. The van der Waals surface area contributed by atoms with Crippen LogP contribution < -0.4 is 5.73 Å². The number of nitrogens with zero attached hydrogens (tertiary/aromatic N) is 2. The number of nitrogen functional groups attached to an aromatic ring is 1. The number of hydrogen-bond acceptors (Lipinski definition) is 5. The molecule has 0 spiro atoms. The topological polar surface area (TPSA) is 78.1 Å². The van der Waals surface area contributed by atoms with Gasteiger partial charge in [0.1, 0.15) is 11.8 Å². The largest absolute Gasteiger partial charge is 0.452 e. The lowest BCUT2D eigenvalue weighted by atomic mass is 10.3. The lowest BCUT2D eigenvalue weighted by Crippen LogP contribution is -1.81. The van der Waals surface area contributed by atoms with Crippen LogP contribution in [0.2, 0.25) is 0 Å². The molecular formula is C11H11N3O2. The number of anilines is 1. The maximum atomic E-state index is 5.55. The molecule has 0 aliphatic carbocycles. The summed E-state index contributed by atoms with van der Waals surface area (Å²) < 4.78 is 9.73. The Hall–Kier alpha value is -2.30. The van der Waals surface area contributed by atoms with Gasteiger partial charge in [-0.15, -0.1) is 0 Å². The standard InChI is InChI=1S/C8H8N2O.C3H3NO/c1-5-10-7-3-2-6(9)4-8(7)11-5;1-2-5-3-4-1/h2-4H,9H2,1H3;1-3H. The molecule has 2 N–H and O–H groups in total. The van der Waals surface area contributed by atoms with Crippen molar-refractivity contribution in [2.75, 3.05) is 5.73 Å². The summed E-state index contributed by atoms with van der Waals surface area (Å²) in [7, 11) is 0. The summed E-state index contributed by atoms with van der Waals surface area (Å²) in [6.07, 6.45) is 4.47. The summed E-state index contributed by atoms with van der Waals surface area (Å²) in [5.41, 5.74) is 7.86. The first-order chi connectivity index (χ1) is 7.75. The monoisotopic (exact) mass is 217 g/mol. The lowest BCUT2D eigenvalue weighted by molar-refractivity contribution is 0.558. The molecule has 16 heavy (non-hydrogen) atoms. The van der Waals surface area contributed by atoms with Gasteiger partial charge in [0, 0.05) is 18.7 Å². The summed E-state index contributed by atoms with van der Waals surface area (Å²) in [5.74, 6) is 0.672. The van der Waals surface area contributed by atoms with Crippen molar-refractivity contribution >= 4 is 16.8 Å². The third-order valence-electron chi connectivity index (χ3n) is 1.87. The molecule has 3 rings (SSSR count). The van der Waals surface area contributed by atoms with E-state index in [0.717, 1.165) is 11.1 Å². The molecule has 2 aromatic heterocycles. The van der Waals surface area contributed by atoms with Gasteiger partial charge < -0.3 is 14.6 Å². The summed E-state index contributed by atoms with van der Waals surface area (Å²) in [4.78, 5) is 7.69. The molecule has 5 heteroatoms. The van der Waals surface area contributed by atoms with Gasteiger partial charge in [-0.05, 0) is 12.1 Å². The van der Waals surface area contributed by atoms with Crippen molar-refractivity contribution in [3.8, 4) is 0 Å². The number of fused-ring (bicyclic) bond motifs is 1. The van der Waals surface area contributed by atoms with Gasteiger partial charge in [0.05, 0.1) is 6.20 Å². The highest BCUT2D eigenvalue weighted by molar-refractivity contribution is 5.76. The Bertz CT molecular complexity index is 540. The number of aryl methyl sites for hydroxylation is 1. The molecule has 0 bridgehead atoms. The van der Waals surface area contributed by atoms with E-state index < -0.39 is 0 Å². The molecule has 0 unspecified atom stereocenters. The van der Waals surface area contributed by atoms with E-state index in [0.29, 0.717) is 11.6 Å². The zero-order valence-electron chi connectivity index (χ0n) is 8.75. The molecule has 0 saturated heterocycles. The van der Waals surface area contributed by atoms with Crippen molar-refractivity contribution in [3.05, 3.63) is 42.9 Å². The van der Waals surface area contributed by atoms with Crippen LogP contribution in [0.1, 0.15) is 5.89 Å². The van der Waals surface area contributed by atoms with Gasteiger partial charge in [0.2, 0.25) is 0 Å². The first-order valence-electron chi connectivity index (χ1n) is 4.70. The van der Waals surface area contributed by atoms with Crippen LogP contribution in [0.3, 0.4) is 0 Å². The Labute approximate surface area is 91.9 Å². The van der Waals surface area contributed by atoms with Crippen molar-refractivity contribution in [1.82, 2.24) is 9.97 Å². The number of rotatable bonds is 0. The Morgan fingerprint density at radius 3 is 2.81 bits per heavy atom. The molecule has 82 valence electrons. The van der Waals surface area contributed by atoms with Gasteiger partial charge in [-0.3, -0.25) is 0 Å². The third kappa shape index (κ3) is 2.38. The van der Waals surface area contributed by atoms with Gasteiger partial charge >= 0.3 is 0 Å². The molecule has 5 nitrogen and oxygen atoms in total. The maximum absolute atomic E-state index is 5.55. The van der Waals surface area contributed by atoms with Crippen LogP contribution in [0.15, 0.2) is 45.9 Å². The molecule has 1 aromatic carbocycles. The van der Waals surface area contributed by atoms with Crippen LogP contribution in [0.5, 0.6) is 0 Å². The fourth-order valence-corrected chi connectivity index (χ4v) is 1.23. The van der Waals surface area contributed by atoms with Gasteiger partial charge in [0.25, 0.3) is 0 Å². The number of aromatic nitrogens is 2. The molecule has 0 amide bonds. The fourth-order valence-electron chi connectivity index (χ4n) is 1.23. The summed E-state index contributed by atoms with van der Waals surface area (Å²) >= 11 is 0. The van der Waals surface area contributed by atoms with Crippen molar-refractivity contribution in [2.24, 2.45) is 0 Å². The minimum atomic E-state index is 0.672. The van der Waals surface area contributed by atoms with Gasteiger partial charge in [-0.2, -0.15) is 0 Å². The Morgan fingerprint density at radius 2 is 2.19 bits per heavy atom. The minimum absolute atomic E-state index is 0.672. The number of benzene rings is 1. The van der Waals surface area contributed by atoms with Crippen LogP contribution in [0.4, 0.5) is 5.69 Å². The molecule has 2 heterocycles. The number of oxazole rings is 2. The minimum Gasteiger partial charge on any atom is -0.452 e. The zero-order chi connectivity index (χ0) is 11.4. The van der Waals surface area contributed by atoms with Crippen molar-refractivity contribution in [2.45, 2.75) is 6.92 Å². The second-order valence-electron chi connectivity index (χ2n) is 3.14. The van der Waals surface area contributed by atoms with E-state index in [2.05, 4.69) is 14.4 Å². The fraction of sp³-hybridized carbons (Fsp3) is 0.0909. The average Bonchev–Trinajstić information content (AvgIpc) is 2.87. The Balaban J connectivity index is 0.000000162. The first kappa shape index (κ1) is 10.2. The van der Waals surface area contributed by atoms with Crippen LogP contribution in [-0.2, 0) is 0 Å². The van der Waals surface area contributed by atoms with Crippen molar-refractivity contribution in [1.29, 1.82) is 0 Å². The Kier molecular flexibility index (Phi) is 2.86. The Morgan fingerprint density at radius 1 is 1.31 bits per heavy atom. The number of nitrogens with two attached hydrogens (primary N) is 1. The second-order valence-corrected chi connectivity index (χ2v) is 3.14. The highest BCUT2D eigenvalue weighted by Crippen LogP contribution is 2.17. The predicted molar refractivity (Wildman–Crippen MR) is 59.7 cm³/mol. The van der Waals surface area contributed by atoms with Gasteiger partial charge in [-0.1, -0.05) is 0 Å². The quantitative estimate of drug-likeness (QED) is 0.585. The summed E-state index contributed by atoms with van der Waals surface area (Å²) in [6, 6.07) is 5.43.